The first kappa shape index (κ1) is 23.8. The molecule has 0 fully saturated rings. The fourth-order valence-electron chi connectivity index (χ4n) is 4.65. The average molecular weight is 476 g/mol. The molecule has 3 aromatic rings. The molecular formula is C27H29N3O3S. The van der Waals surface area contributed by atoms with Gasteiger partial charge in [0.1, 0.15) is 16.8 Å². The Balaban J connectivity index is 1.68. The molecule has 0 saturated heterocycles. The van der Waals surface area contributed by atoms with Crippen molar-refractivity contribution in [2.24, 2.45) is 0 Å². The molecule has 1 aliphatic carbocycles. The van der Waals surface area contributed by atoms with E-state index in [0.29, 0.717) is 11.3 Å². The summed E-state index contributed by atoms with van der Waals surface area (Å²) in [4.78, 5) is 19.3. The summed E-state index contributed by atoms with van der Waals surface area (Å²) in [5.74, 6) is 0.583. The van der Waals surface area contributed by atoms with Gasteiger partial charge in [0.05, 0.1) is 22.6 Å². The van der Waals surface area contributed by atoms with Crippen molar-refractivity contribution in [2.45, 2.75) is 65.1 Å². The van der Waals surface area contributed by atoms with Crippen LogP contribution in [0, 0.1) is 11.3 Å². The Labute approximate surface area is 204 Å². The predicted octanol–water partition coefficient (Wildman–Crippen LogP) is 6.90. The van der Waals surface area contributed by atoms with E-state index in [2.05, 4.69) is 12.1 Å². The van der Waals surface area contributed by atoms with Crippen molar-refractivity contribution >= 4 is 17.4 Å². The Morgan fingerprint density at radius 3 is 2.71 bits per heavy atom. The van der Waals surface area contributed by atoms with E-state index in [1.807, 2.05) is 71.1 Å². The second kappa shape index (κ2) is 9.11. The molecule has 1 N–H and O–H groups in total. The van der Waals surface area contributed by atoms with Crippen molar-refractivity contribution in [3.05, 3.63) is 59.3 Å². The molecule has 7 heteroatoms. The standard InChI is InChI=1S/C27H29N3O3S/c1-16(2)33-23-12-9-17(13-18(23)14-28)24-15-29-25(34-24)21-8-6-7-20-19(21)10-11-22(20)30(26(31)32)27(3,4)5/h6-9,12-13,15-16,22H,10-11H2,1-5H3,(H,31,32)/t22-/m1/s1. The van der Waals surface area contributed by atoms with Gasteiger partial charge in [-0.05, 0) is 82.3 Å². The zero-order valence-corrected chi connectivity index (χ0v) is 20.9. The lowest BCUT2D eigenvalue weighted by atomic mass is 9.98. The number of hydrogen-bond donors (Lipinski definition) is 1. The van der Waals surface area contributed by atoms with E-state index in [9.17, 15) is 15.2 Å². The summed E-state index contributed by atoms with van der Waals surface area (Å²) in [6.45, 7) is 9.67. The smallest absolute Gasteiger partial charge is 0.408 e. The monoisotopic (exact) mass is 475 g/mol. The van der Waals surface area contributed by atoms with Crippen LogP contribution in [0.3, 0.4) is 0 Å². The molecule has 6 nitrogen and oxygen atoms in total. The number of nitrogens with zero attached hydrogens (tertiary/aromatic N) is 3. The molecule has 1 heterocycles. The summed E-state index contributed by atoms with van der Waals surface area (Å²) in [5.41, 5.74) is 4.21. The molecule has 0 radical (unpaired) electrons. The third-order valence-corrected chi connectivity index (χ3v) is 7.04. The number of hydrogen-bond acceptors (Lipinski definition) is 5. The van der Waals surface area contributed by atoms with Gasteiger partial charge in [-0.1, -0.05) is 18.2 Å². The van der Waals surface area contributed by atoms with Crippen molar-refractivity contribution < 1.29 is 14.6 Å². The zero-order valence-electron chi connectivity index (χ0n) is 20.1. The summed E-state index contributed by atoms with van der Waals surface area (Å²) in [6, 6.07) is 13.8. The molecule has 0 bridgehead atoms. The molecule has 1 atom stereocenters. The van der Waals surface area contributed by atoms with E-state index in [0.717, 1.165) is 39.4 Å². The van der Waals surface area contributed by atoms with Crippen LogP contribution in [0.1, 0.15) is 63.8 Å². The third kappa shape index (κ3) is 4.51. The Morgan fingerprint density at radius 1 is 1.29 bits per heavy atom. The summed E-state index contributed by atoms with van der Waals surface area (Å²) >= 11 is 1.57. The van der Waals surface area contributed by atoms with Crippen LogP contribution in [-0.4, -0.2) is 32.7 Å². The van der Waals surface area contributed by atoms with Gasteiger partial charge in [0.15, 0.2) is 0 Å². The minimum atomic E-state index is -0.898. The van der Waals surface area contributed by atoms with E-state index >= 15 is 0 Å². The van der Waals surface area contributed by atoms with Crippen LogP contribution in [0.25, 0.3) is 21.0 Å². The highest BCUT2D eigenvalue weighted by Crippen LogP contribution is 2.44. The minimum Gasteiger partial charge on any atom is -0.490 e. The van der Waals surface area contributed by atoms with Crippen LogP contribution >= 0.6 is 11.3 Å². The van der Waals surface area contributed by atoms with Crippen LogP contribution in [0.4, 0.5) is 4.79 Å². The van der Waals surface area contributed by atoms with Gasteiger partial charge >= 0.3 is 6.09 Å². The number of amides is 1. The Hall–Kier alpha value is -3.37. The fourth-order valence-corrected chi connectivity index (χ4v) is 5.61. The number of aromatic nitrogens is 1. The molecule has 0 saturated carbocycles. The van der Waals surface area contributed by atoms with Crippen LogP contribution in [0.15, 0.2) is 42.6 Å². The molecular weight excluding hydrogens is 446 g/mol. The third-order valence-electron chi connectivity index (χ3n) is 5.96. The molecule has 1 aromatic heterocycles. The maximum Gasteiger partial charge on any atom is 0.408 e. The maximum absolute atomic E-state index is 12.1. The van der Waals surface area contributed by atoms with Gasteiger partial charge in [-0.15, -0.1) is 11.3 Å². The van der Waals surface area contributed by atoms with Crippen LogP contribution in [0.5, 0.6) is 5.75 Å². The lowest BCUT2D eigenvalue weighted by molar-refractivity contribution is 0.0701. The topological polar surface area (TPSA) is 86.4 Å². The quantitative estimate of drug-likeness (QED) is 0.434. The van der Waals surface area contributed by atoms with Gasteiger partial charge in [0.2, 0.25) is 0 Å². The minimum absolute atomic E-state index is 0.00714. The lowest BCUT2D eigenvalue weighted by Crippen LogP contribution is -2.46. The van der Waals surface area contributed by atoms with Crippen molar-refractivity contribution in [2.75, 3.05) is 0 Å². The first-order valence-electron chi connectivity index (χ1n) is 11.4. The number of benzene rings is 2. The van der Waals surface area contributed by atoms with Gasteiger partial charge < -0.3 is 9.84 Å². The Kier molecular flexibility index (Phi) is 6.37. The summed E-state index contributed by atoms with van der Waals surface area (Å²) in [5, 5.41) is 20.4. The second-order valence-corrected chi connectivity index (χ2v) is 10.8. The van der Waals surface area contributed by atoms with E-state index in [1.54, 1.807) is 16.2 Å². The molecule has 1 aliphatic rings. The number of rotatable bonds is 5. The van der Waals surface area contributed by atoms with Gasteiger partial charge in [0.25, 0.3) is 0 Å². The molecule has 2 aromatic carbocycles. The largest absolute Gasteiger partial charge is 0.490 e. The number of nitriles is 1. The van der Waals surface area contributed by atoms with Crippen molar-refractivity contribution in [3.63, 3.8) is 0 Å². The fraction of sp³-hybridized carbons (Fsp3) is 0.370. The van der Waals surface area contributed by atoms with Crippen LogP contribution < -0.4 is 4.74 Å². The summed E-state index contributed by atoms with van der Waals surface area (Å²) < 4.78 is 5.74. The number of carboxylic acid groups (broad SMARTS) is 1. The molecule has 176 valence electrons. The Morgan fingerprint density at radius 2 is 2.06 bits per heavy atom. The van der Waals surface area contributed by atoms with Crippen molar-refractivity contribution in [1.82, 2.24) is 9.88 Å². The highest BCUT2D eigenvalue weighted by molar-refractivity contribution is 7.18. The molecule has 0 unspecified atom stereocenters. The van der Waals surface area contributed by atoms with E-state index in [4.69, 9.17) is 9.72 Å². The lowest BCUT2D eigenvalue weighted by Gasteiger charge is -2.38. The zero-order chi connectivity index (χ0) is 24.6. The van der Waals surface area contributed by atoms with Gasteiger partial charge in [-0.2, -0.15) is 5.26 Å². The number of fused-ring (bicyclic) bond motifs is 1. The van der Waals surface area contributed by atoms with Gasteiger partial charge in [0, 0.05) is 17.3 Å². The molecule has 1 amide bonds. The first-order valence-corrected chi connectivity index (χ1v) is 12.2. The Bertz CT molecular complexity index is 1270. The average Bonchev–Trinajstić information content (AvgIpc) is 3.40. The maximum atomic E-state index is 12.1. The highest BCUT2D eigenvalue weighted by Gasteiger charge is 2.38. The predicted molar refractivity (Wildman–Crippen MR) is 134 cm³/mol. The van der Waals surface area contributed by atoms with E-state index in [-0.39, 0.29) is 12.1 Å². The SMILES string of the molecule is CC(C)Oc1ccc(-c2cnc(-c3cccc4c3CC[C@H]4N(C(=O)O)C(C)(C)C)s2)cc1C#N. The van der Waals surface area contributed by atoms with Crippen molar-refractivity contribution in [1.29, 1.82) is 5.26 Å². The number of carbonyl (C=O) groups is 1. The molecule has 34 heavy (non-hydrogen) atoms. The van der Waals surface area contributed by atoms with Crippen LogP contribution in [-0.2, 0) is 6.42 Å². The van der Waals surface area contributed by atoms with Gasteiger partial charge in [-0.25, -0.2) is 9.78 Å². The normalized spacial score (nSPS) is 15.1. The summed E-state index contributed by atoms with van der Waals surface area (Å²) in [6.07, 6.45) is 2.50. The summed E-state index contributed by atoms with van der Waals surface area (Å²) in [7, 11) is 0. The molecule has 4 rings (SSSR count). The van der Waals surface area contributed by atoms with E-state index in [1.165, 1.54) is 5.56 Å². The van der Waals surface area contributed by atoms with Crippen molar-refractivity contribution in [3.8, 4) is 32.8 Å². The van der Waals surface area contributed by atoms with Gasteiger partial charge in [-0.3, -0.25) is 4.90 Å². The number of thiazole rings is 1. The van der Waals surface area contributed by atoms with E-state index < -0.39 is 11.6 Å². The van der Waals surface area contributed by atoms with Crippen LogP contribution in [0.2, 0.25) is 0 Å². The second-order valence-electron chi connectivity index (χ2n) is 9.77. The first-order chi connectivity index (χ1) is 16.1. The molecule has 0 aliphatic heterocycles. The molecule has 0 spiro atoms. The number of ether oxygens (including phenoxy) is 1. The highest BCUT2D eigenvalue weighted by atomic mass is 32.1.